The van der Waals surface area contributed by atoms with E-state index in [-0.39, 0.29) is 5.91 Å². The van der Waals surface area contributed by atoms with Crippen LogP contribution < -0.4 is 5.32 Å². The van der Waals surface area contributed by atoms with Crippen LogP contribution in [0.3, 0.4) is 0 Å². The molecule has 0 unspecified atom stereocenters. The Labute approximate surface area is 96.5 Å². The Balaban J connectivity index is 2.34. The summed E-state index contributed by atoms with van der Waals surface area (Å²) in [5.74, 6) is -0.247. The molecule has 2 aromatic heterocycles. The summed E-state index contributed by atoms with van der Waals surface area (Å²) < 4.78 is 0. The van der Waals surface area contributed by atoms with E-state index in [1.807, 2.05) is 0 Å². The maximum absolute atomic E-state index is 11.6. The van der Waals surface area contributed by atoms with E-state index >= 15 is 0 Å². The molecule has 0 aliphatic carbocycles. The van der Waals surface area contributed by atoms with Gasteiger partial charge in [-0.3, -0.25) is 9.89 Å². The van der Waals surface area contributed by atoms with Crippen molar-refractivity contribution in [2.75, 3.05) is 5.32 Å². The molecule has 0 radical (unpaired) electrons. The fourth-order valence-electron chi connectivity index (χ4n) is 1.23. The molecular weight excluding hydrogens is 228 g/mol. The van der Waals surface area contributed by atoms with Crippen LogP contribution in [0.5, 0.6) is 0 Å². The number of aromatic amines is 1. The van der Waals surface area contributed by atoms with E-state index in [1.54, 1.807) is 25.4 Å². The molecule has 82 valence electrons. The lowest BCUT2D eigenvalue weighted by Crippen LogP contribution is -2.12. The lowest BCUT2D eigenvalue weighted by atomic mass is 10.2. The zero-order valence-electron chi connectivity index (χ0n) is 8.49. The van der Waals surface area contributed by atoms with Crippen molar-refractivity contribution in [2.45, 2.75) is 6.92 Å². The molecule has 5 nitrogen and oxygen atoms in total. The number of carbonyl (C=O) groups is 1. The molecule has 16 heavy (non-hydrogen) atoms. The summed E-state index contributed by atoms with van der Waals surface area (Å²) in [4.78, 5) is 15.7. The third-order valence-electron chi connectivity index (χ3n) is 2.12. The minimum Gasteiger partial charge on any atom is -0.321 e. The standard InChI is InChI=1S/C10H9ClN4O/c1-6(4-11)10(16)14-8-2-3-12-9-7(8)5-13-15-9/h2-5H,1H3,(H2,12,13,14,15,16)/b6-4-. The third kappa shape index (κ3) is 1.90. The minimum absolute atomic E-state index is 0.247. The minimum atomic E-state index is -0.247. The molecule has 0 aliphatic heterocycles. The van der Waals surface area contributed by atoms with Crippen molar-refractivity contribution in [3.8, 4) is 0 Å². The van der Waals surface area contributed by atoms with Gasteiger partial charge in [-0.2, -0.15) is 5.10 Å². The number of anilines is 1. The Kier molecular flexibility index (Phi) is 2.87. The quantitative estimate of drug-likeness (QED) is 0.784. The molecule has 0 atom stereocenters. The molecule has 2 N–H and O–H groups in total. The average Bonchev–Trinajstić information content (AvgIpc) is 2.77. The summed E-state index contributed by atoms with van der Waals surface area (Å²) in [6, 6.07) is 1.71. The number of carbonyl (C=O) groups excluding carboxylic acids is 1. The molecule has 2 aromatic rings. The second-order valence-corrected chi connectivity index (χ2v) is 3.46. The fourth-order valence-corrected chi connectivity index (χ4v) is 1.33. The van der Waals surface area contributed by atoms with Crippen LogP contribution in [-0.2, 0) is 4.79 Å². The molecule has 0 saturated carbocycles. The Bertz CT molecular complexity index is 561. The number of H-pyrrole nitrogens is 1. The molecule has 0 bridgehead atoms. The number of aromatic nitrogens is 3. The van der Waals surface area contributed by atoms with Crippen molar-refractivity contribution < 1.29 is 4.79 Å². The summed E-state index contributed by atoms with van der Waals surface area (Å²) in [5, 5.41) is 10.1. The number of hydrogen-bond acceptors (Lipinski definition) is 3. The number of pyridine rings is 1. The Morgan fingerprint density at radius 3 is 3.19 bits per heavy atom. The first-order chi connectivity index (χ1) is 7.72. The summed E-state index contributed by atoms with van der Waals surface area (Å²) in [6.07, 6.45) is 3.20. The van der Waals surface area contributed by atoms with Gasteiger partial charge in [-0.1, -0.05) is 11.6 Å². The zero-order valence-corrected chi connectivity index (χ0v) is 9.25. The summed E-state index contributed by atoms with van der Waals surface area (Å²) in [6.45, 7) is 1.64. The van der Waals surface area contributed by atoms with E-state index < -0.39 is 0 Å². The van der Waals surface area contributed by atoms with E-state index in [9.17, 15) is 4.79 Å². The predicted molar refractivity (Wildman–Crippen MR) is 62.1 cm³/mol. The predicted octanol–water partition coefficient (Wildman–Crippen LogP) is 2.04. The normalized spacial score (nSPS) is 11.8. The lowest BCUT2D eigenvalue weighted by Gasteiger charge is -2.04. The topological polar surface area (TPSA) is 70.7 Å². The number of rotatable bonds is 2. The average molecular weight is 237 g/mol. The van der Waals surface area contributed by atoms with Crippen molar-refractivity contribution in [3.05, 3.63) is 29.6 Å². The molecule has 1 amide bonds. The highest BCUT2D eigenvalue weighted by atomic mass is 35.5. The number of fused-ring (bicyclic) bond motifs is 1. The van der Waals surface area contributed by atoms with Crippen molar-refractivity contribution >= 4 is 34.2 Å². The highest BCUT2D eigenvalue weighted by molar-refractivity contribution is 6.28. The highest BCUT2D eigenvalue weighted by Crippen LogP contribution is 2.19. The Morgan fingerprint density at radius 2 is 2.44 bits per heavy atom. The first-order valence-electron chi connectivity index (χ1n) is 4.59. The van der Waals surface area contributed by atoms with E-state index in [2.05, 4.69) is 20.5 Å². The van der Waals surface area contributed by atoms with Crippen molar-refractivity contribution in [3.63, 3.8) is 0 Å². The third-order valence-corrected chi connectivity index (χ3v) is 2.45. The number of halogens is 1. The molecular formula is C10H9ClN4O. The summed E-state index contributed by atoms with van der Waals surface area (Å²) in [7, 11) is 0. The van der Waals surface area contributed by atoms with Gasteiger partial charge in [-0.05, 0) is 13.0 Å². The number of amides is 1. The molecule has 2 heterocycles. The van der Waals surface area contributed by atoms with Crippen LogP contribution in [0.25, 0.3) is 11.0 Å². The molecule has 0 aliphatic rings. The van der Waals surface area contributed by atoms with Gasteiger partial charge in [-0.25, -0.2) is 4.98 Å². The van der Waals surface area contributed by atoms with E-state index in [0.717, 1.165) is 5.39 Å². The lowest BCUT2D eigenvalue weighted by molar-refractivity contribution is -0.112. The summed E-state index contributed by atoms with van der Waals surface area (Å²) >= 11 is 5.46. The summed E-state index contributed by atoms with van der Waals surface area (Å²) in [5.41, 5.74) is 2.96. The number of nitrogens with zero attached hydrogens (tertiary/aromatic N) is 2. The van der Waals surface area contributed by atoms with Crippen molar-refractivity contribution in [1.82, 2.24) is 15.2 Å². The van der Waals surface area contributed by atoms with E-state index in [1.165, 1.54) is 5.54 Å². The molecule has 0 aromatic carbocycles. The Hall–Kier alpha value is -1.88. The van der Waals surface area contributed by atoms with E-state index in [0.29, 0.717) is 16.9 Å². The van der Waals surface area contributed by atoms with Crippen molar-refractivity contribution in [1.29, 1.82) is 0 Å². The van der Waals surface area contributed by atoms with Gasteiger partial charge < -0.3 is 5.32 Å². The van der Waals surface area contributed by atoms with E-state index in [4.69, 9.17) is 11.6 Å². The van der Waals surface area contributed by atoms with Gasteiger partial charge in [0.05, 0.1) is 17.3 Å². The van der Waals surface area contributed by atoms with Crippen LogP contribution >= 0.6 is 11.6 Å². The maximum Gasteiger partial charge on any atom is 0.252 e. The first-order valence-corrected chi connectivity index (χ1v) is 5.02. The number of hydrogen-bond donors (Lipinski definition) is 2. The van der Waals surface area contributed by atoms with Gasteiger partial charge in [0.15, 0.2) is 5.65 Å². The van der Waals surface area contributed by atoms with Crippen molar-refractivity contribution in [2.24, 2.45) is 0 Å². The molecule has 2 rings (SSSR count). The van der Waals surface area contributed by atoms with Gasteiger partial charge >= 0.3 is 0 Å². The van der Waals surface area contributed by atoms with Crippen LogP contribution in [0.2, 0.25) is 0 Å². The van der Waals surface area contributed by atoms with Crippen LogP contribution in [0.1, 0.15) is 6.92 Å². The molecule has 0 saturated heterocycles. The van der Waals surface area contributed by atoms with Crippen LogP contribution in [0.4, 0.5) is 5.69 Å². The zero-order chi connectivity index (χ0) is 11.5. The molecule has 6 heteroatoms. The van der Waals surface area contributed by atoms with Crippen LogP contribution in [0, 0.1) is 0 Å². The van der Waals surface area contributed by atoms with Gasteiger partial charge in [0.25, 0.3) is 5.91 Å². The molecule has 0 fully saturated rings. The Morgan fingerprint density at radius 1 is 1.62 bits per heavy atom. The van der Waals surface area contributed by atoms with Crippen LogP contribution in [0.15, 0.2) is 29.6 Å². The molecule has 0 spiro atoms. The maximum atomic E-state index is 11.6. The SMILES string of the molecule is C/C(=C/Cl)C(=O)Nc1ccnc2[nH]ncc12. The first kappa shape index (κ1) is 10.6. The monoisotopic (exact) mass is 236 g/mol. The smallest absolute Gasteiger partial charge is 0.252 e. The second-order valence-electron chi connectivity index (χ2n) is 3.24. The second kappa shape index (κ2) is 4.32. The van der Waals surface area contributed by atoms with Gasteiger partial charge in [0, 0.05) is 17.3 Å². The fraction of sp³-hybridized carbons (Fsp3) is 0.100. The van der Waals surface area contributed by atoms with Crippen LogP contribution in [-0.4, -0.2) is 21.1 Å². The van der Waals surface area contributed by atoms with Gasteiger partial charge in [-0.15, -0.1) is 0 Å². The van der Waals surface area contributed by atoms with Gasteiger partial charge in [0.2, 0.25) is 0 Å². The van der Waals surface area contributed by atoms with Gasteiger partial charge in [0.1, 0.15) is 0 Å². The highest BCUT2D eigenvalue weighted by Gasteiger charge is 2.08. The number of nitrogens with one attached hydrogen (secondary N) is 2. The largest absolute Gasteiger partial charge is 0.321 e.